The molecule has 0 amide bonds. The Morgan fingerprint density at radius 2 is 0.727 bits per heavy atom. The molecule has 0 aliphatic heterocycles. The maximum absolute atomic E-state index is 10.8. The molecule has 0 aliphatic rings. The third kappa shape index (κ3) is 26.3. The predicted molar refractivity (Wildman–Crippen MR) is 139 cm³/mol. The average Bonchev–Trinajstić information content (AvgIpc) is 2.70. The SMILES string of the molecule is CCCCCCCCCC(CC)S(=O)(=O)[O-].CCCCCCCCCC(CC)S(=O)(=O)[O-].[Ba+2]. The Morgan fingerprint density at radius 3 is 0.939 bits per heavy atom. The third-order valence-corrected chi connectivity index (χ3v) is 8.76. The second-order valence-corrected chi connectivity index (χ2v) is 12.2. The molecule has 0 bridgehead atoms. The van der Waals surface area contributed by atoms with E-state index in [9.17, 15) is 25.9 Å². The fourth-order valence-corrected chi connectivity index (χ4v) is 5.49. The standard InChI is InChI=1S/2C12H26O3S.Ba/c2*1-3-5-6-7-8-9-10-11-12(4-2)16(13,14)15;/h2*12H,3-11H2,1-2H3,(H,13,14,15);/q;;+2/p-2. The molecule has 2 atom stereocenters. The van der Waals surface area contributed by atoms with Gasteiger partial charge < -0.3 is 9.11 Å². The van der Waals surface area contributed by atoms with Crippen LogP contribution in [0.15, 0.2) is 0 Å². The maximum atomic E-state index is 10.8. The second kappa shape index (κ2) is 25.1. The molecule has 0 N–H and O–H groups in total. The fourth-order valence-electron chi connectivity index (χ4n) is 3.76. The summed E-state index contributed by atoms with van der Waals surface area (Å²) >= 11 is 0. The van der Waals surface area contributed by atoms with E-state index >= 15 is 0 Å². The van der Waals surface area contributed by atoms with Crippen molar-refractivity contribution in [3.05, 3.63) is 0 Å². The summed E-state index contributed by atoms with van der Waals surface area (Å²) in [6, 6.07) is 0. The van der Waals surface area contributed by atoms with E-state index in [-0.39, 0.29) is 48.9 Å². The first-order chi connectivity index (χ1) is 15.0. The molecule has 9 heteroatoms. The van der Waals surface area contributed by atoms with Crippen LogP contribution >= 0.6 is 0 Å². The Bertz CT molecular complexity index is 554. The Morgan fingerprint density at radius 1 is 0.485 bits per heavy atom. The smallest absolute Gasteiger partial charge is 0.748 e. The van der Waals surface area contributed by atoms with Crippen molar-refractivity contribution < 1.29 is 25.9 Å². The Hall–Kier alpha value is 1.39. The van der Waals surface area contributed by atoms with Gasteiger partial charge in [0, 0.05) is 10.5 Å². The second-order valence-electron chi connectivity index (χ2n) is 8.87. The molecule has 0 spiro atoms. The topological polar surface area (TPSA) is 114 Å². The molecular formula is C24H50BaO6S2. The van der Waals surface area contributed by atoms with E-state index in [1.165, 1.54) is 51.4 Å². The maximum Gasteiger partial charge on any atom is 2.00 e. The molecule has 196 valence electrons. The van der Waals surface area contributed by atoms with Gasteiger partial charge in [0.25, 0.3) is 0 Å². The van der Waals surface area contributed by atoms with Crippen molar-refractivity contribution in [2.24, 2.45) is 0 Å². The zero-order chi connectivity index (χ0) is 24.9. The summed E-state index contributed by atoms with van der Waals surface area (Å²) in [4.78, 5) is 0. The summed E-state index contributed by atoms with van der Waals surface area (Å²) in [7, 11) is -8.13. The van der Waals surface area contributed by atoms with Gasteiger partial charge in [0.15, 0.2) is 0 Å². The summed E-state index contributed by atoms with van der Waals surface area (Å²) in [5, 5.41) is -1.33. The van der Waals surface area contributed by atoms with Gasteiger partial charge in [-0.15, -0.1) is 0 Å². The van der Waals surface area contributed by atoms with Gasteiger partial charge in [-0.3, -0.25) is 0 Å². The Balaban J connectivity index is -0.000000529. The average molecular weight is 636 g/mol. The molecule has 0 aromatic carbocycles. The van der Waals surface area contributed by atoms with Crippen LogP contribution in [0.2, 0.25) is 0 Å². The van der Waals surface area contributed by atoms with E-state index < -0.39 is 30.7 Å². The quantitative estimate of drug-likeness (QED) is 0.0855. The van der Waals surface area contributed by atoms with Crippen molar-refractivity contribution in [3.8, 4) is 0 Å². The van der Waals surface area contributed by atoms with Crippen molar-refractivity contribution in [2.75, 3.05) is 0 Å². The minimum absolute atomic E-state index is 0. The van der Waals surface area contributed by atoms with Crippen LogP contribution in [0.5, 0.6) is 0 Å². The summed E-state index contributed by atoms with van der Waals surface area (Å²) in [6.07, 6.45) is 18.2. The van der Waals surface area contributed by atoms with Crippen molar-refractivity contribution in [3.63, 3.8) is 0 Å². The first-order valence-corrected chi connectivity index (χ1v) is 15.9. The van der Waals surface area contributed by atoms with Gasteiger partial charge in [0.05, 0.1) is 20.2 Å². The molecule has 0 radical (unpaired) electrons. The van der Waals surface area contributed by atoms with Crippen LogP contribution in [-0.4, -0.2) is 85.3 Å². The Kier molecular flexibility index (Phi) is 29.5. The van der Waals surface area contributed by atoms with Crippen LogP contribution in [0.1, 0.15) is 143 Å². The van der Waals surface area contributed by atoms with Gasteiger partial charge in [0.1, 0.15) is 0 Å². The molecule has 0 aromatic heterocycles. The van der Waals surface area contributed by atoms with Gasteiger partial charge in [0.2, 0.25) is 0 Å². The summed E-state index contributed by atoms with van der Waals surface area (Å²) in [5.41, 5.74) is 0. The number of hydrogen-bond donors (Lipinski definition) is 0. The molecule has 0 aliphatic carbocycles. The molecule has 0 rings (SSSR count). The largest absolute Gasteiger partial charge is 2.00 e. The van der Waals surface area contributed by atoms with E-state index in [4.69, 9.17) is 0 Å². The predicted octanol–water partition coefficient (Wildman–Crippen LogP) is 6.52. The van der Waals surface area contributed by atoms with E-state index in [0.29, 0.717) is 25.7 Å². The van der Waals surface area contributed by atoms with Crippen LogP contribution in [0.25, 0.3) is 0 Å². The minimum atomic E-state index is -4.07. The molecule has 0 aromatic rings. The zero-order valence-electron chi connectivity index (χ0n) is 21.9. The van der Waals surface area contributed by atoms with Crippen molar-refractivity contribution in [1.29, 1.82) is 0 Å². The third-order valence-electron chi connectivity index (χ3n) is 5.99. The summed E-state index contributed by atoms with van der Waals surface area (Å²) in [6.45, 7) is 7.90. The molecule has 0 fully saturated rings. The monoisotopic (exact) mass is 636 g/mol. The first-order valence-electron chi connectivity index (χ1n) is 12.9. The van der Waals surface area contributed by atoms with E-state index in [1.54, 1.807) is 13.8 Å². The summed E-state index contributed by atoms with van der Waals surface area (Å²) < 4.78 is 64.9. The van der Waals surface area contributed by atoms with Gasteiger partial charge >= 0.3 is 48.9 Å². The number of unbranched alkanes of at least 4 members (excludes halogenated alkanes) is 12. The van der Waals surface area contributed by atoms with Gasteiger partial charge in [-0.1, -0.05) is 118 Å². The van der Waals surface area contributed by atoms with Crippen molar-refractivity contribution in [2.45, 2.75) is 154 Å². The van der Waals surface area contributed by atoms with Crippen LogP contribution < -0.4 is 0 Å². The molecular weight excluding hydrogens is 586 g/mol. The fraction of sp³-hybridized carbons (Fsp3) is 1.00. The normalized spacial score (nSPS) is 13.5. The summed E-state index contributed by atoms with van der Waals surface area (Å²) in [5.74, 6) is 0. The Labute approximate surface area is 246 Å². The van der Waals surface area contributed by atoms with Gasteiger partial charge in [-0.2, -0.15) is 0 Å². The van der Waals surface area contributed by atoms with Crippen LogP contribution in [-0.2, 0) is 20.2 Å². The molecule has 2 unspecified atom stereocenters. The molecule has 0 heterocycles. The van der Waals surface area contributed by atoms with Crippen LogP contribution in [0.3, 0.4) is 0 Å². The molecule has 6 nitrogen and oxygen atoms in total. The van der Waals surface area contributed by atoms with Crippen LogP contribution in [0, 0.1) is 0 Å². The molecule has 0 saturated carbocycles. The first kappa shape index (κ1) is 38.9. The van der Waals surface area contributed by atoms with Gasteiger partial charge in [-0.25, -0.2) is 16.8 Å². The number of rotatable bonds is 20. The van der Waals surface area contributed by atoms with E-state index in [1.807, 2.05) is 0 Å². The van der Waals surface area contributed by atoms with Crippen LogP contribution in [0.4, 0.5) is 0 Å². The number of hydrogen-bond acceptors (Lipinski definition) is 6. The van der Waals surface area contributed by atoms with E-state index in [2.05, 4.69) is 13.8 Å². The molecule has 0 saturated heterocycles. The van der Waals surface area contributed by atoms with Crippen molar-refractivity contribution in [1.82, 2.24) is 0 Å². The zero-order valence-corrected chi connectivity index (χ0v) is 27.9. The molecule has 33 heavy (non-hydrogen) atoms. The van der Waals surface area contributed by atoms with Gasteiger partial charge in [-0.05, 0) is 25.7 Å². The van der Waals surface area contributed by atoms with Crippen molar-refractivity contribution >= 4 is 69.1 Å². The minimum Gasteiger partial charge on any atom is -0.748 e. The van der Waals surface area contributed by atoms with E-state index in [0.717, 1.165) is 38.5 Å².